The van der Waals surface area contributed by atoms with Gasteiger partial charge in [0.15, 0.2) is 0 Å². The fourth-order valence-electron chi connectivity index (χ4n) is 1.40. The van der Waals surface area contributed by atoms with E-state index in [9.17, 15) is 0 Å². The molecule has 0 fully saturated rings. The number of aromatic nitrogens is 3. The molecule has 0 saturated carbocycles. The second-order valence-corrected chi connectivity index (χ2v) is 3.18. The number of aryl methyl sites for hydroxylation is 1. The van der Waals surface area contributed by atoms with Crippen LogP contribution in [0.2, 0.25) is 0 Å². The van der Waals surface area contributed by atoms with E-state index >= 15 is 0 Å². The van der Waals surface area contributed by atoms with Gasteiger partial charge < -0.3 is 5.73 Å². The van der Waals surface area contributed by atoms with Crippen molar-refractivity contribution in [2.75, 3.05) is 6.54 Å². The summed E-state index contributed by atoms with van der Waals surface area (Å²) in [5.41, 5.74) is 9.10. The molecule has 2 rings (SSSR count). The maximum atomic E-state index is 5.50. The van der Waals surface area contributed by atoms with Crippen LogP contribution in [-0.2, 0) is 6.42 Å². The van der Waals surface area contributed by atoms with Gasteiger partial charge in [0.25, 0.3) is 0 Å². The van der Waals surface area contributed by atoms with Gasteiger partial charge in [0, 0.05) is 18.8 Å². The smallest absolute Gasteiger partial charge is 0.110 e. The largest absolute Gasteiger partial charge is 0.330 e. The van der Waals surface area contributed by atoms with E-state index in [0.29, 0.717) is 6.54 Å². The topological polar surface area (TPSA) is 64.7 Å². The lowest BCUT2D eigenvalue weighted by Gasteiger charge is -2.02. The Morgan fingerprint density at radius 1 is 1.36 bits per heavy atom. The monoisotopic (exact) mass is 188 g/mol. The molecule has 0 radical (unpaired) electrons. The molecular weight excluding hydrogens is 176 g/mol. The predicted molar refractivity (Wildman–Crippen MR) is 54.8 cm³/mol. The summed E-state index contributed by atoms with van der Waals surface area (Å²) in [6, 6.07) is 1.86. The lowest BCUT2D eigenvalue weighted by molar-refractivity contribution is 0.927. The third kappa shape index (κ3) is 1.56. The Bertz CT molecular complexity index is 453. The zero-order chi connectivity index (χ0) is 9.97. The highest BCUT2D eigenvalue weighted by atomic mass is 14.8. The number of fused-ring (bicyclic) bond motifs is 1. The number of hydrogen-bond donors (Lipinski definition) is 1. The Labute approximate surface area is 82.2 Å². The number of pyridine rings is 1. The van der Waals surface area contributed by atoms with Gasteiger partial charge in [-0.1, -0.05) is 0 Å². The predicted octanol–water partition coefficient (Wildman–Crippen LogP) is 0.834. The van der Waals surface area contributed by atoms with Gasteiger partial charge in [-0.3, -0.25) is 9.97 Å². The highest BCUT2D eigenvalue weighted by molar-refractivity contribution is 5.76. The first-order chi connectivity index (χ1) is 6.81. The zero-order valence-corrected chi connectivity index (χ0v) is 8.07. The molecule has 4 nitrogen and oxygen atoms in total. The molecule has 0 aromatic carbocycles. The van der Waals surface area contributed by atoms with E-state index in [-0.39, 0.29) is 0 Å². The number of rotatable bonds is 2. The quantitative estimate of drug-likeness (QED) is 0.758. The molecule has 0 atom stereocenters. The van der Waals surface area contributed by atoms with Crippen LogP contribution in [0.25, 0.3) is 11.0 Å². The summed E-state index contributed by atoms with van der Waals surface area (Å²) in [4.78, 5) is 12.9. The average Bonchev–Trinajstić information content (AvgIpc) is 2.19. The summed E-state index contributed by atoms with van der Waals surface area (Å²) in [5, 5.41) is 0. The summed E-state index contributed by atoms with van der Waals surface area (Å²) in [6.07, 6.45) is 4.25. The van der Waals surface area contributed by atoms with Gasteiger partial charge in [0.1, 0.15) is 5.52 Å². The minimum Gasteiger partial charge on any atom is -0.330 e. The van der Waals surface area contributed by atoms with Crippen LogP contribution in [0.5, 0.6) is 0 Å². The first-order valence-corrected chi connectivity index (χ1v) is 4.58. The van der Waals surface area contributed by atoms with E-state index in [1.165, 1.54) is 0 Å². The normalized spacial score (nSPS) is 10.7. The fourth-order valence-corrected chi connectivity index (χ4v) is 1.40. The molecule has 14 heavy (non-hydrogen) atoms. The average molecular weight is 188 g/mol. The molecule has 2 heterocycles. The number of nitrogens with two attached hydrogens (primary N) is 1. The molecule has 2 N–H and O–H groups in total. The van der Waals surface area contributed by atoms with Gasteiger partial charge in [-0.2, -0.15) is 0 Å². The van der Waals surface area contributed by atoms with Crippen LogP contribution in [0.1, 0.15) is 11.4 Å². The van der Waals surface area contributed by atoms with E-state index < -0.39 is 0 Å². The van der Waals surface area contributed by atoms with Crippen molar-refractivity contribution in [1.82, 2.24) is 15.0 Å². The van der Waals surface area contributed by atoms with Crippen molar-refractivity contribution in [3.05, 3.63) is 29.8 Å². The summed E-state index contributed by atoms with van der Waals surface area (Å²) < 4.78 is 0. The highest BCUT2D eigenvalue weighted by Crippen LogP contribution is 2.12. The van der Waals surface area contributed by atoms with Gasteiger partial charge in [-0.05, 0) is 19.5 Å². The molecule has 0 aliphatic heterocycles. The molecule has 4 heteroatoms. The third-order valence-corrected chi connectivity index (χ3v) is 2.04. The Morgan fingerprint density at radius 2 is 2.21 bits per heavy atom. The lowest BCUT2D eigenvalue weighted by Crippen LogP contribution is -2.06. The van der Waals surface area contributed by atoms with Gasteiger partial charge in [0.05, 0.1) is 16.9 Å². The maximum Gasteiger partial charge on any atom is 0.110 e. The van der Waals surface area contributed by atoms with E-state index in [2.05, 4.69) is 15.0 Å². The molecule has 2 aromatic heterocycles. The second-order valence-electron chi connectivity index (χ2n) is 3.18. The Hall–Kier alpha value is -1.55. The molecule has 0 spiro atoms. The summed E-state index contributed by atoms with van der Waals surface area (Å²) >= 11 is 0. The first-order valence-electron chi connectivity index (χ1n) is 4.58. The molecule has 0 aliphatic rings. The standard InChI is InChI=1S/C10H12N4/c1-7-6-13-9-3-5-12-8(2-4-11)10(9)14-7/h3,5-6H,2,4,11H2,1H3. The van der Waals surface area contributed by atoms with Crippen LogP contribution >= 0.6 is 0 Å². The van der Waals surface area contributed by atoms with E-state index in [1.54, 1.807) is 12.4 Å². The van der Waals surface area contributed by atoms with E-state index in [0.717, 1.165) is 28.8 Å². The van der Waals surface area contributed by atoms with Crippen molar-refractivity contribution >= 4 is 11.0 Å². The van der Waals surface area contributed by atoms with Crippen LogP contribution in [0.3, 0.4) is 0 Å². The highest BCUT2D eigenvalue weighted by Gasteiger charge is 2.03. The molecule has 0 unspecified atom stereocenters. The van der Waals surface area contributed by atoms with Crippen molar-refractivity contribution < 1.29 is 0 Å². The van der Waals surface area contributed by atoms with Gasteiger partial charge in [0.2, 0.25) is 0 Å². The maximum absolute atomic E-state index is 5.50. The van der Waals surface area contributed by atoms with Crippen molar-refractivity contribution in [3.63, 3.8) is 0 Å². The Balaban J connectivity index is 2.64. The van der Waals surface area contributed by atoms with Crippen molar-refractivity contribution in [3.8, 4) is 0 Å². The van der Waals surface area contributed by atoms with Gasteiger partial charge in [-0.25, -0.2) is 4.98 Å². The van der Waals surface area contributed by atoms with Crippen molar-refractivity contribution in [2.45, 2.75) is 13.3 Å². The molecule has 0 aliphatic carbocycles. The SMILES string of the molecule is Cc1cnc2ccnc(CCN)c2n1. The number of hydrogen-bond acceptors (Lipinski definition) is 4. The number of nitrogens with zero attached hydrogens (tertiary/aromatic N) is 3. The van der Waals surface area contributed by atoms with Gasteiger partial charge in [-0.15, -0.1) is 0 Å². The van der Waals surface area contributed by atoms with Crippen LogP contribution in [0.15, 0.2) is 18.5 Å². The summed E-state index contributed by atoms with van der Waals surface area (Å²) in [6.45, 7) is 2.51. The Morgan fingerprint density at radius 3 is 3.00 bits per heavy atom. The van der Waals surface area contributed by atoms with Crippen LogP contribution in [-0.4, -0.2) is 21.5 Å². The van der Waals surface area contributed by atoms with E-state index in [1.807, 2.05) is 13.0 Å². The second kappa shape index (κ2) is 3.67. The minimum absolute atomic E-state index is 0.585. The molecular formula is C10H12N4. The fraction of sp³-hybridized carbons (Fsp3) is 0.300. The third-order valence-electron chi connectivity index (χ3n) is 2.04. The first kappa shape index (κ1) is 9.02. The van der Waals surface area contributed by atoms with Gasteiger partial charge >= 0.3 is 0 Å². The molecule has 0 saturated heterocycles. The van der Waals surface area contributed by atoms with E-state index in [4.69, 9.17) is 5.73 Å². The molecule has 0 amide bonds. The summed E-state index contributed by atoms with van der Waals surface area (Å²) in [7, 11) is 0. The zero-order valence-electron chi connectivity index (χ0n) is 8.07. The molecule has 72 valence electrons. The molecule has 2 aromatic rings. The van der Waals surface area contributed by atoms with Crippen molar-refractivity contribution in [2.24, 2.45) is 5.73 Å². The van der Waals surface area contributed by atoms with Crippen molar-refractivity contribution in [1.29, 1.82) is 0 Å². The van der Waals surface area contributed by atoms with Crippen LogP contribution in [0.4, 0.5) is 0 Å². The minimum atomic E-state index is 0.585. The Kier molecular flexibility index (Phi) is 2.37. The van der Waals surface area contributed by atoms with Crippen LogP contribution in [0, 0.1) is 6.92 Å². The van der Waals surface area contributed by atoms with Crippen LogP contribution < -0.4 is 5.73 Å². The molecule has 0 bridgehead atoms. The lowest BCUT2D eigenvalue weighted by atomic mass is 10.2. The summed E-state index contributed by atoms with van der Waals surface area (Å²) in [5.74, 6) is 0.